The molecule has 0 radical (unpaired) electrons. The molecular weight excluding hydrogens is 382 g/mol. The molecule has 0 N–H and O–H groups in total. The molecule has 0 fully saturated rings. The normalized spacial score (nSPS) is 12.2. The summed E-state index contributed by atoms with van der Waals surface area (Å²) in [7, 11) is 0. The molecule has 0 bridgehead atoms. The highest BCUT2D eigenvalue weighted by molar-refractivity contribution is 7.20. The fraction of sp³-hybridized carbons (Fsp3) is 0.0357. The van der Waals surface area contributed by atoms with Crippen LogP contribution in [0.3, 0.4) is 0 Å². The average Bonchev–Trinajstić information content (AvgIpc) is 3.10. The average molecular weight is 402 g/mol. The van der Waals surface area contributed by atoms with Gasteiger partial charge in [-0.05, 0) is 69.1 Å². The van der Waals surface area contributed by atoms with E-state index in [1.54, 1.807) is 0 Å². The van der Waals surface area contributed by atoms with E-state index in [0.29, 0.717) is 0 Å². The van der Waals surface area contributed by atoms with Crippen LogP contribution in [-0.2, 0) is 0 Å². The second-order valence-electron chi connectivity index (χ2n) is 7.69. The van der Waals surface area contributed by atoms with E-state index in [1.807, 2.05) is 35.8 Å². The van der Waals surface area contributed by atoms with E-state index in [0.717, 1.165) is 5.52 Å². The summed E-state index contributed by atoms with van der Waals surface area (Å²) in [4.78, 5) is 6.13. The second kappa shape index (κ2) is 6.51. The van der Waals surface area contributed by atoms with E-state index in [4.69, 9.17) is 4.98 Å². The van der Waals surface area contributed by atoms with E-state index in [9.17, 15) is 0 Å². The van der Waals surface area contributed by atoms with Gasteiger partial charge < -0.3 is 0 Å². The molecule has 6 rings (SSSR count). The number of allylic oxidation sites excluding steroid dienone is 2. The lowest BCUT2D eigenvalue weighted by Gasteiger charge is -2.12. The minimum absolute atomic E-state index is 1.08. The predicted molar refractivity (Wildman–Crippen MR) is 134 cm³/mol. The molecule has 0 aliphatic heterocycles. The molecule has 0 aliphatic carbocycles. The van der Waals surface area contributed by atoms with Crippen LogP contribution >= 0.6 is 11.3 Å². The first kappa shape index (κ1) is 17.4. The lowest BCUT2D eigenvalue weighted by molar-refractivity contribution is 1.43. The molecule has 2 heterocycles. The quantitative estimate of drug-likeness (QED) is 0.210. The van der Waals surface area contributed by atoms with Crippen molar-refractivity contribution < 1.29 is 0 Å². The van der Waals surface area contributed by atoms with Crippen molar-refractivity contribution >= 4 is 70.7 Å². The van der Waals surface area contributed by atoms with Gasteiger partial charge >= 0.3 is 0 Å². The van der Waals surface area contributed by atoms with Gasteiger partial charge in [-0.2, -0.15) is 0 Å². The molecule has 6 aromatic rings. The van der Waals surface area contributed by atoms with Gasteiger partial charge in [-0.3, -0.25) is 4.98 Å². The van der Waals surface area contributed by atoms with Gasteiger partial charge in [0.2, 0.25) is 0 Å². The highest BCUT2D eigenvalue weighted by Crippen LogP contribution is 2.42. The third-order valence-electron chi connectivity index (χ3n) is 6.05. The van der Waals surface area contributed by atoms with Crippen LogP contribution < -0.4 is 0 Å². The van der Waals surface area contributed by atoms with Crippen LogP contribution in [0.25, 0.3) is 59.4 Å². The predicted octanol–water partition coefficient (Wildman–Crippen LogP) is 8.42. The summed E-state index contributed by atoms with van der Waals surface area (Å²) in [5.41, 5.74) is 2.40. The molecule has 0 atom stereocenters. The van der Waals surface area contributed by atoms with Crippen molar-refractivity contribution in [3.05, 3.63) is 96.0 Å². The van der Waals surface area contributed by atoms with E-state index in [1.165, 1.54) is 58.2 Å². The van der Waals surface area contributed by atoms with Gasteiger partial charge in [0.25, 0.3) is 0 Å². The molecular formula is C28H19NS. The van der Waals surface area contributed by atoms with E-state index in [2.05, 4.69) is 74.2 Å². The molecule has 1 nitrogen and oxygen atoms in total. The first-order valence-electron chi connectivity index (χ1n) is 10.1. The van der Waals surface area contributed by atoms with Crippen molar-refractivity contribution in [3.8, 4) is 0 Å². The lowest BCUT2D eigenvalue weighted by atomic mass is 9.92. The molecule has 0 saturated heterocycles. The maximum absolute atomic E-state index is 4.84. The summed E-state index contributed by atoms with van der Waals surface area (Å²) < 4.78 is 1.32. The summed E-state index contributed by atoms with van der Waals surface area (Å²) in [5.74, 6) is 0. The summed E-state index contributed by atoms with van der Waals surface area (Å²) in [5, 5.41) is 10.1. The number of thiophene rings is 1. The Labute approximate surface area is 178 Å². The van der Waals surface area contributed by atoms with Gasteiger partial charge in [0.15, 0.2) is 0 Å². The molecule has 0 unspecified atom stereocenters. The highest BCUT2D eigenvalue weighted by atomic mass is 32.1. The molecule has 0 saturated carbocycles. The zero-order valence-electron chi connectivity index (χ0n) is 16.6. The Hall–Kier alpha value is -3.49. The number of aryl methyl sites for hydroxylation is 1. The maximum Gasteiger partial charge on any atom is 0.0792 e. The monoisotopic (exact) mass is 401 g/mol. The number of fused-ring (bicyclic) bond motifs is 9. The molecule has 0 amide bonds. The fourth-order valence-electron chi connectivity index (χ4n) is 4.62. The Morgan fingerprint density at radius 2 is 1.67 bits per heavy atom. The zero-order chi connectivity index (χ0) is 20.2. The molecule has 2 aromatic heterocycles. The minimum atomic E-state index is 1.08. The molecule has 2 heteroatoms. The van der Waals surface area contributed by atoms with Crippen molar-refractivity contribution in [2.24, 2.45) is 0 Å². The molecule has 142 valence electrons. The number of hydrogen-bond donors (Lipinski definition) is 0. The van der Waals surface area contributed by atoms with Crippen LogP contribution in [0.15, 0.2) is 85.6 Å². The Morgan fingerprint density at radius 1 is 0.833 bits per heavy atom. The fourth-order valence-corrected chi connectivity index (χ4v) is 5.76. The first-order chi connectivity index (χ1) is 14.8. The molecule has 0 aliphatic rings. The lowest BCUT2D eigenvalue weighted by Crippen LogP contribution is -1.87. The van der Waals surface area contributed by atoms with Gasteiger partial charge in [0.05, 0.1) is 5.52 Å². The van der Waals surface area contributed by atoms with Gasteiger partial charge in [-0.25, -0.2) is 0 Å². The van der Waals surface area contributed by atoms with Crippen LogP contribution in [0.2, 0.25) is 0 Å². The molecule has 0 spiro atoms. The van der Waals surface area contributed by atoms with Gasteiger partial charge in [-0.1, -0.05) is 61.2 Å². The van der Waals surface area contributed by atoms with Crippen LogP contribution in [0.1, 0.15) is 10.4 Å². The number of benzene rings is 4. The van der Waals surface area contributed by atoms with Crippen molar-refractivity contribution in [1.29, 1.82) is 0 Å². The number of pyridine rings is 1. The summed E-state index contributed by atoms with van der Waals surface area (Å²) in [6.45, 7) is 6.02. The van der Waals surface area contributed by atoms with E-state index < -0.39 is 0 Å². The molecule has 30 heavy (non-hydrogen) atoms. The Balaban J connectivity index is 1.87. The van der Waals surface area contributed by atoms with Crippen LogP contribution in [-0.4, -0.2) is 4.98 Å². The third kappa shape index (κ3) is 2.38. The standard InChI is InChI=1S/C28H19NS/c1-3-4-11-25-17(2)22-15-23-21-10-7-14-29-28(21)27-19-9-6-5-8-18(19)12-13-20(27)24(23)16-26(22)30-25/h3-16H,1H2,2H3/b11-4-. The van der Waals surface area contributed by atoms with Gasteiger partial charge in [0, 0.05) is 26.5 Å². The zero-order valence-corrected chi connectivity index (χ0v) is 17.5. The highest BCUT2D eigenvalue weighted by Gasteiger charge is 2.15. The minimum Gasteiger partial charge on any atom is -0.256 e. The Bertz CT molecular complexity index is 1670. The SMILES string of the molecule is C=C/C=C\c1sc2cc3c(cc2c1C)c1cccnc1c1c2ccccc2ccc31. The third-order valence-corrected chi connectivity index (χ3v) is 7.27. The summed E-state index contributed by atoms with van der Waals surface area (Å²) >= 11 is 1.85. The number of aromatic nitrogens is 1. The largest absolute Gasteiger partial charge is 0.256 e. The number of hydrogen-bond acceptors (Lipinski definition) is 2. The molecule has 4 aromatic carbocycles. The smallest absolute Gasteiger partial charge is 0.0792 e. The van der Waals surface area contributed by atoms with Crippen LogP contribution in [0.4, 0.5) is 0 Å². The van der Waals surface area contributed by atoms with Crippen molar-refractivity contribution in [1.82, 2.24) is 4.98 Å². The first-order valence-corrected chi connectivity index (χ1v) is 10.9. The number of nitrogens with zero attached hydrogens (tertiary/aromatic N) is 1. The van der Waals surface area contributed by atoms with Crippen molar-refractivity contribution in [3.63, 3.8) is 0 Å². The number of rotatable bonds is 2. The van der Waals surface area contributed by atoms with E-state index >= 15 is 0 Å². The topological polar surface area (TPSA) is 12.9 Å². The maximum atomic E-state index is 4.84. The Morgan fingerprint density at radius 3 is 2.57 bits per heavy atom. The van der Waals surface area contributed by atoms with Crippen LogP contribution in [0.5, 0.6) is 0 Å². The van der Waals surface area contributed by atoms with Crippen molar-refractivity contribution in [2.45, 2.75) is 6.92 Å². The van der Waals surface area contributed by atoms with Gasteiger partial charge in [-0.15, -0.1) is 11.3 Å². The van der Waals surface area contributed by atoms with Gasteiger partial charge in [0.1, 0.15) is 0 Å². The summed E-state index contributed by atoms with van der Waals surface area (Å²) in [6, 6.07) is 22.1. The van der Waals surface area contributed by atoms with Crippen molar-refractivity contribution in [2.75, 3.05) is 0 Å². The second-order valence-corrected chi connectivity index (χ2v) is 8.77. The van der Waals surface area contributed by atoms with Crippen LogP contribution in [0, 0.1) is 6.92 Å². The Kier molecular flexibility index (Phi) is 3.77. The summed E-state index contributed by atoms with van der Waals surface area (Å²) in [6.07, 6.45) is 7.90. The van der Waals surface area contributed by atoms with E-state index in [-0.39, 0.29) is 0 Å².